The van der Waals surface area contributed by atoms with E-state index >= 15 is 0 Å². The summed E-state index contributed by atoms with van der Waals surface area (Å²) in [4.78, 5) is 34.9. The van der Waals surface area contributed by atoms with Crippen LogP contribution in [0.15, 0.2) is 76.3 Å². The lowest BCUT2D eigenvalue weighted by molar-refractivity contribution is -0.384. The molecule has 0 fully saturated rings. The third-order valence-corrected chi connectivity index (χ3v) is 4.64. The highest BCUT2D eigenvalue weighted by atomic mass is 79.9. The Morgan fingerprint density at radius 2 is 1.81 bits per heavy atom. The number of nitro benzene ring substituents is 1. The fourth-order valence-electron chi connectivity index (χ4n) is 2.55. The zero-order valence-corrected chi connectivity index (χ0v) is 17.8. The summed E-state index contributed by atoms with van der Waals surface area (Å²) in [5, 5.41) is 14.7. The Balaban J connectivity index is 1.74. The number of carbonyl (C=O) groups excluding carboxylic acids is 2. The van der Waals surface area contributed by atoms with Crippen LogP contribution in [0.2, 0.25) is 0 Å². The number of ether oxygens (including phenoxy) is 1. The Kier molecular flexibility index (Phi) is 6.88. The molecule has 0 radical (unpaired) electrons. The maximum absolute atomic E-state index is 12.4. The SMILES string of the molecule is Cc1ccc(C(=O)Oc2ccc(Br)cc2/C=N\NC(=O)c2cccc([N+](=O)[O-])c2)cc1. The van der Waals surface area contributed by atoms with Crippen molar-refractivity contribution in [2.45, 2.75) is 6.92 Å². The van der Waals surface area contributed by atoms with E-state index in [1.54, 1.807) is 30.3 Å². The number of hydrogen-bond acceptors (Lipinski definition) is 6. The molecular weight excluding hydrogens is 466 g/mol. The summed E-state index contributed by atoms with van der Waals surface area (Å²) < 4.78 is 6.19. The molecule has 0 bridgehead atoms. The summed E-state index contributed by atoms with van der Waals surface area (Å²) in [6.07, 6.45) is 1.32. The number of hydrazone groups is 1. The maximum atomic E-state index is 12.4. The number of nitrogens with zero attached hydrogens (tertiary/aromatic N) is 2. The Morgan fingerprint density at radius 3 is 2.52 bits per heavy atom. The summed E-state index contributed by atoms with van der Waals surface area (Å²) in [5.74, 6) is -0.895. The van der Waals surface area contributed by atoms with Crippen molar-refractivity contribution in [2.75, 3.05) is 0 Å². The number of benzene rings is 3. The fourth-order valence-corrected chi connectivity index (χ4v) is 2.93. The molecule has 0 aliphatic rings. The van der Waals surface area contributed by atoms with E-state index in [1.807, 2.05) is 19.1 Å². The summed E-state index contributed by atoms with van der Waals surface area (Å²) in [5.41, 5.74) is 4.05. The Bertz CT molecular complexity index is 1180. The monoisotopic (exact) mass is 481 g/mol. The third-order valence-electron chi connectivity index (χ3n) is 4.15. The molecule has 1 amide bonds. The fraction of sp³-hybridized carbons (Fsp3) is 0.0455. The zero-order valence-electron chi connectivity index (χ0n) is 16.2. The van der Waals surface area contributed by atoms with Crippen LogP contribution >= 0.6 is 15.9 Å². The molecule has 0 heterocycles. The number of nitro groups is 1. The number of amides is 1. The molecule has 3 rings (SSSR count). The van der Waals surface area contributed by atoms with Gasteiger partial charge in [-0.25, -0.2) is 10.2 Å². The van der Waals surface area contributed by atoms with Crippen LogP contribution < -0.4 is 10.2 Å². The molecule has 9 heteroatoms. The Morgan fingerprint density at radius 1 is 1.06 bits per heavy atom. The topological polar surface area (TPSA) is 111 Å². The highest BCUT2D eigenvalue weighted by molar-refractivity contribution is 9.10. The van der Waals surface area contributed by atoms with Gasteiger partial charge in [-0.05, 0) is 43.3 Å². The van der Waals surface area contributed by atoms with E-state index in [9.17, 15) is 19.7 Å². The first-order valence-corrected chi connectivity index (χ1v) is 9.79. The number of aryl methyl sites for hydroxylation is 1. The normalized spacial score (nSPS) is 10.6. The quantitative estimate of drug-likeness (QED) is 0.181. The second-order valence-corrected chi connectivity index (χ2v) is 7.36. The van der Waals surface area contributed by atoms with Crippen molar-refractivity contribution in [3.05, 3.63) is 104 Å². The maximum Gasteiger partial charge on any atom is 0.343 e. The molecule has 31 heavy (non-hydrogen) atoms. The molecule has 1 N–H and O–H groups in total. The van der Waals surface area contributed by atoms with E-state index in [2.05, 4.69) is 26.5 Å². The minimum atomic E-state index is -0.617. The lowest BCUT2D eigenvalue weighted by Gasteiger charge is -2.08. The van der Waals surface area contributed by atoms with Gasteiger partial charge in [0.1, 0.15) is 5.75 Å². The van der Waals surface area contributed by atoms with Gasteiger partial charge in [-0.1, -0.05) is 39.7 Å². The minimum absolute atomic E-state index is 0.0895. The van der Waals surface area contributed by atoms with Gasteiger partial charge >= 0.3 is 5.97 Å². The van der Waals surface area contributed by atoms with Crippen molar-refractivity contribution in [1.29, 1.82) is 0 Å². The van der Waals surface area contributed by atoms with Crippen molar-refractivity contribution in [3.63, 3.8) is 0 Å². The average Bonchev–Trinajstić information content (AvgIpc) is 2.76. The van der Waals surface area contributed by atoms with Crippen molar-refractivity contribution in [2.24, 2.45) is 5.10 Å². The Labute approximate surface area is 185 Å². The molecule has 0 spiro atoms. The molecular formula is C22H16BrN3O5. The van der Waals surface area contributed by atoms with E-state index in [4.69, 9.17) is 4.74 Å². The van der Waals surface area contributed by atoms with Crippen LogP contribution in [0.4, 0.5) is 5.69 Å². The predicted octanol–water partition coefficient (Wildman–Crippen LogP) is 4.65. The van der Waals surface area contributed by atoms with Gasteiger partial charge in [-0.15, -0.1) is 0 Å². The summed E-state index contributed by atoms with van der Waals surface area (Å²) in [6, 6.07) is 17.2. The van der Waals surface area contributed by atoms with E-state index in [-0.39, 0.29) is 17.0 Å². The average molecular weight is 482 g/mol. The number of halogens is 1. The molecule has 3 aromatic rings. The largest absolute Gasteiger partial charge is 0.422 e. The van der Waals surface area contributed by atoms with E-state index in [0.29, 0.717) is 15.6 Å². The number of carbonyl (C=O) groups is 2. The molecule has 8 nitrogen and oxygen atoms in total. The second kappa shape index (κ2) is 9.77. The standard InChI is InChI=1S/C22H16BrN3O5/c1-14-5-7-15(8-6-14)22(28)31-20-10-9-18(23)11-17(20)13-24-25-21(27)16-3-2-4-19(12-16)26(29)30/h2-13H,1H3,(H,25,27)/b24-13-. The van der Waals surface area contributed by atoms with Crippen molar-refractivity contribution in [1.82, 2.24) is 5.43 Å². The minimum Gasteiger partial charge on any atom is -0.422 e. The van der Waals surface area contributed by atoms with Crippen LogP contribution in [-0.4, -0.2) is 23.0 Å². The van der Waals surface area contributed by atoms with Gasteiger partial charge in [0.2, 0.25) is 0 Å². The smallest absolute Gasteiger partial charge is 0.343 e. The van der Waals surface area contributed by atoms with E-state index < -0.39 is 16.8 Å². The molecule has 0 aliphatic carbocycles. The van der Waals surface area contributed by atoms with Crippen LogP contribution in [0.5, 0.6) is 5.75 Å². The molecule has 3 aromatic carbocycles. The number of hydrogen-bond donors (Lipinski definition) is 1. The van der Waals surface area contributed by atoms with Gasteiger partial charge in [0.25, 0.3) is 11.6 Å². The highest BCUT2D eigenvalue weighted by Crippen LogP contribution is 2.23. The second-order valence-electron chi connectivity index (χ2n) is 6.44. The third kappa shape index (κ3) is 5.83. The van der Waals surface area contributed by atoms with Gasteiger partial charge in [0.15, 0.2) is 0 Å². The van der Waals surface area contributed by atoms with Crippen LogP contribution in [0.3, 0.4) is 0 Å². The summed E-state index contributed by atoms with van der Waals surface area (Å²) >= 11 is 3.34. The van der Waals surface area contributed by atoms with Gasteiger partial charge < -0.3 is 4.74 Å². The van der Waals surface area contributed by atoms with Crippen molar-refractivity contribution >= 4 is 39.7 Å². The first-order chi connectivity index (χ1) is 14.8. The van der Waals surface area contributed by atoms with Crippen molar-refractivity contribution in [3.8, 4) is 5.75 Å². The highest BCUT2D eigenvalue weighted by Gasteiger charge is 2.13. The molecule has 0 atom stereocenters. The van der Waals surface area contributed by atoms with Gasteiger partial charge in [0.05, 0.1) is 16.7 Å². The molecule has 0 aliphatic heterocycles. The zero-order chi connectivity index (χ0) is 22.4. The first-order valence-electron chi connectivity index (χ1n) is 9.00. The number of nitrogens with one attached hydrogen (secondary N) is 1. The molecule has 156 valence electrons. The lowest BCUT2D eigenvalue weighted by atomic mass is 10.1. The number of esters is 1. The van der Waals surface area contributed by atoms with Crippen LogP contribution in [-0.2, 0) is 0 Å². The van der Waals surface area contributed by atoms with Crippen LogP contribution in [0, 0.1) is 17.0 Å². The van der Waals surface area contributed by atoms with Crippen LogP contribution in [0.25, 0.3) is 0 Å². The van der Waals surface area contributed by atoms with Crippen molar-refractivity contribution < 1.29 is 19.2 Å². The lowest BCUT2D eigenvalue weighted by Crippen LogP contribution is -2.18. The molecule has 0 unspecified atom stereocenters. The summed E-state index contributed by atoms with van der Waals surface area (Å²) in [7, 11) is 0. The van der Waals surface area contributed by atoms with E-state index in [1.165, 1.54) is 24.4 Å². The first kappa shape index (κ1) is 21.8. The van der Waals surface area contributed by atoms with Gasteiger partial charge in [0, 0.05) is 27.7 Å². The molecule has 0 saturated carbocycles. The molecule has 0 aromatic heterocycles. The number of rotatable bonds is 6. The van der Waals surface area contributed by atoms with Crippen LogP contribution in [0.1, 0.15) is 31.8 Å². The Hall–Kier alpha value is -3.85. The van der Waals surface area contributed by atoms with Gasteiger partial charge in [-0.3, -0.25) is 14.9 Å². The van der Waals surface area contributed by atoms with Gasteiger partial charge in [-0.2, -0.15) is 5.10 Å². The summed E-state index contributed by atoms with van der Waals surface area (Å²) in [6.45, 7) is 1.92. The van der Waals surface area contributed by atoms with E-state index in [0.717, 1.165) is 11.6 Å². The number of non-ortho nitro benzene ring substituents is 1. The predicted molar refractivity (Wildman–Crippen MR) is 118 cm³/mol. The molecule has 0 saturated heterocycles.